The van der Waals surface area contributed by atoms with E-state index in [1.54, 1.807) is 11.3 Å². The lowest BCUT2D eigenvalue weighted by Gasteiger charge is -2.38. The van der Waals surface area contributed by atoms with Crippen LogP contribution in [0.2, 0.25) is 5.02 Å². The van der Waals surface area contributed by atoms with Crippen LogP contribution in [0, 0.1) is 0 Å². The highest BCUT2D eigenvalue weighted by atomic mass is 35.5. The number of pyridine rings is 1. The number of carbonyl (C=O) groups is 2. The second-order valence-corrected chi connectivity index (χ2v) is 11.9. The molecule has 0 spiro atoms. The van der Waals surface area contributed by atoms with Gasteiger partial charge in [0.1, 0.15) is 0 Å². The SMILES string of the molecule is C[C@@]1(CO)C[C@H](N2CCCc3cc(Cl)cc(-c4ccnc5cc(CN6C(=O)CCC6=O)sc45)c32)CN1. The fraction of sp³-hybridized carbons (Fsp3) is 0.444. The molecule has 1 aromatic carbocycles. The Balaban J connectivity index is 1.43. The molecule has 0 unspecified atom stereocenters. The summed E-state index contributed by atoms with van der Waals surface area (Å²) in [4.78, 5) is 33.8. The van der Waals surface area contributed by atoms with Crippen LogP contribution in [0.15, 0.2) is 30.5 Å². The molecule has 2 amide bonds. The minimum absolute atomic E-state index is 0.106. The Morgan fingerprint density at radius 1 is 1.19 bits per heavy atom. The molecule has 3 aromatic rings. The summed E-state index contributed by atoms with van der Waals surface area (Å²) in [7, 11) is 0. The molecule has 0 aliphatic carbocycles. The van der Waals surface area contributed by atoms with Crippen LogP contribution in [0.1, 0.15) is 43.0 Å². The van der Waals surface area contributed by atoms with Crippen LogP contribution in [-0.2, 0) is 22.6 Å². The van der Waals surface area contributed by atoms with Crippen LogP contribution < -0.4 is 10.2 Å². The Kier molecular flexibility index (Phi) is 6.03. The quantitative estimate of drug-likeness (QED) is 0.488. The van der Waals surface area contributed by atoms with Gasteiger partial charge in [-0.15, -0.1) is 11.3 Å². The van der Waals surface area contributed by atoms with E-state index in [4.69, 9.17) is 11.6 Å². The number of hydrogen-bond donors (Lipinski definition) is 2. The number of aliphatic hydroxyl groups excluding tert-OH is 1. The van der Waals surface area contributed by atoms with Crippen LogP contribution in [-0.4, -0.2) is 58.1 Å². The zero-order valence-corrected chi connectivity index (χ0v) is 21.8. The van der Waals surface area contributed by atoms with Gasteiger partial charge in [-0.2, -0.15) is 0 Å². The van der Waals surface area contributed by atoms with Crippen molar-refractivity contribution in [3.63, 3.8) is 0 Å². The standard InChI is InChI=1S/C27H29ClN4O3S/c1-27(15-33)12-18(13-30-27)31-8-2-3-16-9-17(28)10-21(25(16)31)20-6-7-29-22-11-19(36-26(20)22)14-32-23(34)4-5-24(32)35/h6-7,9-11,18,30,33H,2-5,8,12-15H2,1H3/t18-,27-/m0/s1. The van der Waals surface area contributed by atoms with Crippen molar-refractivity contribution < 1.29 is 14.7 Å². The van der Waals surface area contributed by atoms with Gasteiger partial charge in [-0.3, -0.25) is 19.5 Å². The number of aryl methyl sites for hydroxylation is 1. The number of benzene rings is 1. The number of anilines is 1. The Morgan fingerprint density at radius 2 is 2.00 bits per heavy atom. The van der Waals surface area contributed by atoms with Crippen LogP contribution >= 0.6 is 22.9 Å². The molecular weight excluding hydrogens is 496 g/mol. The third-order valence-electron chi connectivity index (χ3n) is 7.75. The average molecular weight is 525 g/mol. The maximum Gasteiger partial charge on any atom is 0.230 e. The first-order valence-corrected chi connectivity index (χ1v) is 13.7. The van der Waals surface area contributed by atoms with E-state index in [0.29, 0.717) is 24.4 Å². The van der Waals surface area contributed by atoms with Gasteiger partial charge in [0.05, 0.1) is 23.4 Å². The molecule has 3 aliphatic heterocycles. The number of likely N-dealkylation sites (tertiary alicyclic amines) is 1. The molecule has 3 aliphatic rings. The number of halogens is 1. The van der Waals surface area contributed by atoms with Gasteiger partial charge in [0, 0.05) is 70.4 Å². The van der Waals surface area contributed by atoms with E-state index in [2.05, 4.69) is 28.2 Å². The van der Waals surface area contributed by atoms with Gasteiger partial charge in [0.2, 0.25) is 11.8 Å². The molecule has 0 radical (unpaired) electrons. The van der Waals surface area contributed by atoms with Crippen molar-refractivity contribution in [2.45, 2.75) is 57.2 Å². The van der Waals surface area contributed by atoms with E-state index in [9.17, 15) is 14.7 Å². The van der Waals surface area contributed by atoms with Crippen LogP contribution in [0.4, 0.5) is 5.69 Å². The molecule has 2 aromatic heterocycles. The fourth-order valence-electron chi connectivity index (χ4n) is 5.91. The minimum atomic E-state index is -0.272. The van der Waals surface area contributed by atoms with Crippen molar-refractivity contribution in [1.82, 2.24) is 15.2 Å². The summed E-state index contributed by atoms with van der Waals surface area (Å²) >= 11 is 8.24. The lowest BCUT2D eigenvalue weighted by atomic mass is 9.91. The summed E-state index contributed by atoms with van der Waals surface area (Å²) in [5, 5.41) is 14.1. The highest BCUT2D eigenvalue weighted by Crippen LogP contribution is 2.45. The molecule has 7 nitrogen and oxygen atoms in total. The summed E-state index contributed by atoms with van der Waals surface area (Å²) < 4.78 is 1.03. The molecule has 0 bridgehead atoms. The Labute approximate surface area is 219 Å². The molecule has 0 saturated carbocycles. The highest BCUT2D eigenvalue weighted by Gasteiger charge is 2.39. The Hall–Kier alpha value is -2.52. The molecule has 188 valence electrons. The van der Waals surface area contributed by atoms with Gasteiger partial charge in [0.25, 0.3) is 0 Å². The van der Waals surface area contributed by atoms with E-state index in [1.165, 1.54) is 16.2 Å². The number of thiophene rings is 1. The number of nitrogens with one attached hydrogen (secondary N) is 1. The first-order valence-electron chi connectivity index (χ1n) is 12.5. The molecule has 2 N–H and O–H groups in total. The number of rotatable bonds is 5. The number of aliphatic hydroxyl groups is 1. The van der Waals surface area contributed by atoms with E-state index in [1.807, 2.05) is 24.4 Å². The van der Waals surface area contributed by atoms with Crippen molar-refractivity contribution in [2.24, 2.45) is 0 Å². The zero-order valence-electron chi connectivity index (χ0n) is 20.2. The largest absolute Gasteiger partial charge is 0.394 e. The third-order valence-corrected chi connectivity index (χ3v) is 9.11. The molecule has 36 heavy (non-hydrogen) atoms. The normalized spacial score (nSPS) is 24.2. The maximum absolute atomic E-state index is 12.2. The summed E-state index contributed by atoms with van der Waals surface area (Å²) in [6.45, 7) is 4.27. The van der Waals surface area contributed by atoms with E-state index >= 15 is 0 Å². The topological polar surface area (TPSA) is 85.8 Å². The monoisotopic (exact) mass is 524 g/mol. The van der Waals surface area contributed by atoms with Gasteiger partial charge < -0.3 is 15.3 Å². The van der Waals surface area contributed by atoms with Crippen LogP contribution in [0.5, 0.6) is 0 Å². The number of nitrogens with zero attached hydrogens (tertiary/aromatic N) is 3. The summed E-state index contributed by atoms with van der Waals surface area (Å²) in [5.41, 5.74) is 5.20. The first kappa shape index (κ1) is 23.9. The second-order valence-electron chi connectivity index (χ2n) is 10.4. The van der Waals surface area contributed by atoms with E-state index in [0.717, 1.165) is 58.6 Å². The Morgan fingerprint density at radius 3 is 2.75 bits per heavy atom. The molecule has 2 fully saturated rings. The molecule has 9 heteroatoms. The van der Waals surface area contributed by atoms with Crippen LogP contribution in [0.25, 0.3) is 21.3 Å². The summed E-state index contributed by atoms with van der Waals surface area (Å²) in [6.07, 6.45) is 5.32. The molecular formula is C27H29ClN4O3S. The minimum Gasteiger partial charge on any atom is -0.394 e. The third kappa shape index (κ3) is 4.10. The smallest absolute Gasteiger partial charge is 0.230 e. The number of imide groups is 1. The lowest BCUT2D eigenvalue weighted by Crippen LogP contribution is -2.41. The van der Waals surface area contributed by atoms with Gasteiger partial charge in [-0.05, 0) is 56.0 Å². The molecule has 6 rings (SSSR count). The van der Waals surface area contributed by atoms with Crippen molar-refractivity contribution in [1.29, 1.82) is 0 Å². The Bertz CT molecular complexity index is 1360. The number of hydrogen-bond acceptors (Lipinski definition) is 7. The van der Waals surface area contributed by atoms with Crippen LogP contribution in [0.3, 0.4) is 0 Å². The summed E-state index contributed by atoms with van der Waals surface area (Å²) in [6, 6.07) is 8.45. The highest BCUT2D eigenvalue weighted by molar-refractivity contribution is 7.19. The number of aromatic nitrogens is 1. The summed E-state index contributed by atoms with van der Waals surface area (Å²) in [5.74, 6) is -0.213. The number of fused-ring (bicyclic) bond motifs is 2. The zero-order chi connectivity index (χ0) is 25.0. The maximum atomic E-state index is 12.2. The van der Waals surface area contributed by atoms with Crippen molar-refractivity contribution in [2.75, 3.05) is 24.6 Å². The van der Waals surface area contributed by atoms with Gasteiger partial charge in [-0.1, -0.05) is 11.6 Å². The number of carbonyl (C=O) groups excluding carboxylic acids is 2. The predicted octanol–water partition coefficient (Wildman–Crippen LogP) is 4.13. The van der Waals surface area contributed by atoms with Crippen molar-refractivity contribution in [3.05, 3.63) is 45.9 Å². The van der Waals surface area contributed by atoms with E-state index < -0.39 is 0 Å². The predicted molar refractivity (Wildman–Crippen MR) is 142 cm³/mol. The fourth-order valence-corrected chi connectivity index (χ4v) is 7.28. The van der Waals surface area contributed by atoms with E-state index in [-0.39, 0.29) is 30.0 Å². The molecule has 5 heterocycles. The molecule has 2 saturated heterocycles. The lowest BCUT2D eigenvalue weighted by molar-refractivity contribution is -0.138. The average Bonchev–Trinajstić information content (AvgIpc) is 3.56. The van der Waals surface area contributed by atoms with Gasteiger partial charge in [-0.25, -0.2) is 0 Å². The van der Waals surface area contributed by atoms with Gasteiger partial charge >= 0.3 is 0 Å². The molecule has 2 atom stereocenters. The van der Waals surface area contributed by atoms with Gasteiger partial charge in [0.15, 0.2) is 0 Å². The second kappa shape index (κ2) is 9.10. The first-order chi connectivity index (χ1) is 17.3. The number of amides is 2. The van der Waals surface area contributed by atoms with Crippen molar-refractivity contribution >= 4 is 50.7 Å². The van der Waals surface area contributed by atoms with Crippen molar-refractivity contribution in [3.8, 4) is 11.1 Å².